The molecule has 3 fully saturated rings. The first-order valence-corrected chi connectivity index (χ1v) is 7.92. The van der Waals surface area contributed by atoms with E-state index in [9.17, 15) is 13.9 Å². The second-order valence-corrected chi connectivity index (χ2v) is 7.32. The molecule has 0 unspecified atom stereocenters. The minimum Gasteiger partial charge on any atom is -0.380 e. The van der Waals surface area contributed by atoms with Crippen LogP contribution in [-0.2, 0) is 10.3 Å². The molecule has 0 aromatic heterocycles. The number of ether oxygens (including phenoxy) is 1. The molecule has 1 aromatic rings. The van der Waals surface area contributed by atoms with Crippen molar-refractivity contribution in [1.29, 1.82) is 0 Å². The summed E-state index contributed by atoms with van der Waals surface area (Å²) in [5.74, 6) is -2.46. The molecule has 5 heteroatoms. The van der Waals surface area contributed by atoms with Gasteiger partial charge in [0.25, 0.3) is 0 Å². The third-order valence-electron chi connectivity index (χ3n) is 5.48. The second kappa shape index (κ2) is 4.73. The van der Waals surface area contributed by atoms with Crippen LogP contribution in [0.25, 0.3) is 0 Å². The molecule has 0 radical (unpaired) electrons. The normalized spacial score (nSPS) is 31.3. The van der Waals surface area contributed by atoms with E-state index in [-0.39, 0.29) is 24.3 Å². The predicted octanol–water partition coefficient (Wildman–Crippen LogP) is 2.74. The number of rotatable bonds is 2. The average Bonchev–Trinajstić information content (AvgIpc) is 2.43. The monoisotopic (exact) mass is 309 g/mol. The molecule has 2 aliphatic heterocycles. The number of nitrogens with one attached hydrogen (secondary N) is 1. The van der Waals surface area contributed by atoms with Gasteiger partial charge in [-0.1, -0.05) is 24.3 Å². The first kappa shape index (κ1) is 14.5. The highest BCUT2D eigenvalue weighted by Gasteiger charge is 2.57. The Bertz CT molecular complexity index is 561. The highest BCUT2D eigenvalue weighted by atomic mass is 19.3. The van der Waals surface area contributed by atoms with Crippen molar-refractivity contribution >= 4 is 0 Å². The molecule has 4 rings (SSSR count). The third kappa shape index (κ3) is 2.36. The number of aliphatic hydroxyl groups is 1. The van der Waals surface area contributed by atoms with Crippen LogP contribution in [-0.4, -0.2) is 30.8 Å². The van der Waals surface area contributed by atoms with Crippen LogP contribution in [0.5, 0.6) is 0 Å². The Morgan fingerprint density at radius 2 is 1.82 bits per heavy atom. The smallest absolute Gasteiger partial charge is 0.249 e. The first-order valence-electron chi connectivity index (χ1n) is 7.92. The van der Waals surface area contributed by atoms with Crippen LogP contribution in [0.2, 0.25) is 0 Å². The van der Waals surface area contributed by atoms with Gasteiger partial charge in [-0.3, -0.25) is 0 Å². The first-order chi connectivity index (χ1) is 10.4. The Balaban J connectivity index is 1.48. The van der Waals surface area contributed by atoms with Crippen molar-refractivity contribution in [2.24, 2.45) is 5.41 Å². The van der Waals surface area contributed by atoms with Crippen molar-refractivity contribution in [2.75, 3.05) is 19.8 Å². The molecule has 1 aromatic carbocycles. The number of piperidine rings is 1. The lowest BCUT2D eigenvalue weighted by atomic mass is 9.59. The minimum atomic E-state index is -2.46. The zero-order chi connectivity index (χ0) is 15.4. The summed E-state index contributed by atoms with van der Waals surface area (Å²) in [5.41, 5.74) is 0.943. The molecule has 1 spiro atoms. The van der Waals surface area contributed by atoms with Crippen molar-refractivity contribution in [1.82, 2.24) is 5.32 Å². The van der Waals surface area contributed by atoms with Gasteiger partial charge in [0.2, 0.25) is 5.92 Å². The minimum absolute atomic E-state index is 0.0351. The van der Waals surface area contributed by atoms with Gasteiger partial charge in [0, 0.05) is 18.9 Å². The molecule has 2 saturated heterocycles. The summed E-state index contributed by atoms with van der Waals surface area (Å²) >= 11 is 0. The molecule has 22 heavy (non-hydrogen) atoms. The number of benzene rings is 1. The summed E-state index contributed by atoms with van der Waals surface area (Å²) in [7, 11) is 0. The fraction of sp³-hybridized carbons (Fsp3) is 0.647. The van der Waals surface area contributed by atoms with Gasteiger partial charge in [-0.05, 0) is 35.9 Å². The summed E-state index contributed by atoms with van der Waals surface area (Å²) in [5, 5.41) is 13.7. The molecular formula is C17H21F2NO2. The second-order valence-electron chi connectivity index (χ2n) is 7.32. The number of halogens is 2. The van der Waals surface area contributed by atoms with E-state index in [1.807, 2.05) is 24.3 Å². The van der Waals surface area contributed by atoms with Crippen LogP contribution in [0, 0.1) is 5.41 Å². The van der Waals surface area contributed by atoms with Crippen LogP contribution in [0.1, 0.15) is 42.9 Å². The Morgan fingerprint density at radius 3 is 2.36 bits per heavy atom. The van der Waals surface area contributed by atoms with Gasteiger partial charge in [0.1, 0.15) is 5.60 Å². The van der Waals surface area contributed by atoms with Crippen molar-refractivity contribution in [3.8, 4) is 0 Å². The van der Waals surface area contributed by atoms with E-state index in [0.717, 1.165) is 30.5 Å². The van der Waals surface area contributed by atoms with E-state index >= 15 is 0 Å². The van der Waals surface area contributed by atoms with Gasteiger partial charge in [-0.2, -0.15) is 0 Å². The van der Waals surface area contributed by atoms with E-state index in [2.05, 4.69) is 5.32 Å². The Labute approximate surface area is 128 Å². The highest BCUT2D eigenvalue weighted by Crippen LogP contribution is 2.58. The number of hydrogen-bond donors (Lipinski definition) is 2. The predicted molar refractivity (Wildman–Crippen MR) is 77.7 cm³/mol. The molecular weight excluding hydrogens is 288 g/mol. The number of hydrogen-bond acceptors (Lipinski definition) is 3. The molecule has 120 valence electrons. The van der Waals surface area contributed by atoms with Crippen molar-refractivity contribution < 1.29 is 18.6 Å². The van der Waals surface area contributed by atoms with Gasteiger partial charge < -0.3 is 15.2 Å². The van der Waals surface area contributed by atoms with E-state index in [0.29, 0.717) is 13.2 Å². The molecule has 1 saturated carbocycles. The summed E-state index contributed by atoms with van der Waals surface area (Å²) in [6, 6.07) is 7.98. The van der Waals surface area contributed by atoms with E-state index in [4.69, 9.17) is 4.74 Å². The maximum atomic E-state index is 13.3. The van der Waals surface area contributed by atoms with Gasteiger partial charge in [-0.25, -0.2) is 8.78 Å². The molecule has 2 N–H and O–H groups in total. The quantitative estimate of drug-likeness (QED) is 0.882. The van der Waals surface area contributed by atoms with Gasteiger partial charge in [-0.15, -0.1) is 0 Å². The Morgan fingerprint density at radius 1 is 1.14 bits per heavy atom. The van der Waals surface area contributed by atoms with E-state index in [1.54, 1.807) is 0 Å². The van der Waals surface area contributed by atoms with Crippen LogP contribution in [0.4, 0.5) is 8.78 Å². The average molecular weight is 309 g/mol. The fourth-order valence-electron chi connectivity index (χ4n) is 4.21. The maximum absolute atomic E-state index is 13.3. The zero-order valence-electron chi connectivity index (χ0n) is 12.4. The lowest BCUT2D eigenvalue weighted by Gasteiger charge is -2.52. The number of alkyl halides is 2. The third-order valence-corrected chi connectivity index (χ3v) is 5.48. The molecule has 1 aliphatic carbocycles. The van der Waals surface area contributed by atoms with E-state index in [1.165, 1.54) is 0 Å². The highest BCUT2D eigenvalue weighted by molar-refractivity contribution is 5.31. The standard InChI is InChI=1S/C17H21F2NO2/c18-17(19)8-15(9-17)5-6-20-14(7-15)12-1-3-13(4-2-12)16(21)10-22-11-16/h1-4,14,20-21H,5-11H2/t14-/m1/s1. The largest absolute Gasteiger partial charge is 0.380 e. The van der Waals surface area contributed by atoms with Crippen molar-refractivity contribution in [3.05, 3.63) is 35.4 Å². The van der Waals surface area contributed by atoms with Crippen molar-refractivity contribution in [3.63, 3.8) is 0 Å². The van der Waals surface area contributed by atoms with Crippen LogP contribution >= 0.6 is 0 Å². The Hall–Kier alpha value is -1.04. The summed E-state index contributed by atoms with van der Waals surface area (Å²) in [6.45, 7) is 1.47. The molecule has 1 atom stereocenters. The van der Waals surface area contributed by atoms with Crippen LogP contribution in [0.3, 0.4) is 0 Å². The molecule has 0 bridgehead atoms. The zero-order valence-corrected chi connectivity index (χ0v) is 12.4. The van der Waals surface area contributed by atoms with Crippen LogP contribution < -0.4 is 5.32 Å². The summed E-state index contributed by atoms with van der Waals surface area (Å²) < 4.78 is 31.6. The van der Waals surface area contributed by atoms with Gasteiger partial charge >= 0.3 is 0 Å². The Kier molecular flexibility index (Phi) is 3.13. The van der Waals surface area contributed by atoms with Crippen LogP contribution in [0.15, 0.2) is 24.3 Å². The maximum Gasteiger partial charge on any atom is 0.249 e. The van der Waals surface area contributed by atoms with E-state index < -0.39 is 11.5 Å². The fourth-order valence-corrected chi connectivity index (χ4v) is 4.21. The summed E-state index contributed by atoms with van der Waals surface area (Å²) in [4.78, 5) is 0. The lowest BCUT2D eigenvalue weighted by Crippen LogP contribution is -2.52. The van der Waals surface area contributed by atoms with Crippen molar-refractivity contribution in [2.45, 2.75) is 43.2 Å². The van der Waals surface area contributed by atoms with Gasteiger partial charge in [0.15, 0.2) is 0 Å². The van der Waals surface area contributed by atoms with Gasteiger partial charge in [0.05, 0.1) is 13.2 Å². The molecule has 3 aliphatic rings. The SMILES string of the molecule is OC1(c2ccc([C@H]3CC4(CCN3)CC(F)(F)C4)cc2)COC1. The molecule has 2 heterocycles. The molecule has 0 amide bonds. The topological polar surface area (TPSA) is 41.5 Å². The summed E-state index contributed by atoms with van der Waals surface area (Å²) in [6.07, 6.45) is 1.68. The lowest BCUT2D eigenvalue weighted by molar-refractivity contribution is -0.184. The molecule has 3 nitrogen and oxygen atoms in total.